The van der Waals surface area contributed by atoms with Crippen molar-refractivity contribution in [2.75, 3.05) is 19.6 Å². The summed E-state index contributed by atoms with van der Waals surface area (Å²) in [5.74, 6) is 0. The minimum absolute atomic E-state index is 0. The van der Waals surface area contributed by atoms with E-state index >= 15 is 0 Å². The van der Waals surface area contributed by atoms with Gasteiger partial charge >= 0.3 is 0 Å². The molecule has 7 nitrogen and oxygen atoms in total. The highest BCUT2D eigenvalue weighted by Gasteiger charge is 2.30. The van der Waals surface area contributed by atoms with Gasteiger partial charge in [-0.2, -0.15) is 4.31 Å². The Balaban J connectivity index is 0.00000338. The Hall–Kier alpha value is -0.710. The molecule has 0 saturated carbocycles. The Morgan fingerprint density at radius 1 is 1.12 bits per heavy atom. The van der Waals surface area contributed by atoms with Crippen molar-refractivity contribution in [3.63, 3.8) is 0 Å². The van der Waals surface area contributed by atoms with E-state index < -0.39 is 25.6 Å². The van der Waals surface area contributed by atoms with Crippen LogP contribution in [-0.4, -0.2) is 46.3 Å². The Labute approximate surface area is 162 Å². The van der Waals surface area contributed by atoms with Crippen LogP contribution in [0.1, 0.15) is 38.7 Å². The highest BCUT2D eigenvalue weighted by Crippen LogP contribution is 2.25. The van der Waals surface area contributed by atoms with Crippen molar-refractivity contribution in [1.82, 2.24) is 9.03 Å². The molecule has 3 N–H and O–H groups in total. The van der Waals surface area contributed by atoms with E-state index in [1.54, 1.807) is 20.8 Å². The van der Waals surface area contributed by atoms with Crippen molar-refractivity contribution in [3.8, 4) is 0 Å². The monoisotopic (exact) mass is 425 g/mol. The average Bonchev–Trinajstić information content (AvgIpc) is 2.54. The highest BCUT2D eigenvalue weighted by atomic mass is 35.5. The number of rotatable bonds is 6. The van der Waals surface area contributed by atoms with Gasteiger partial charge in [-0.3, -0.25) is 0 Å². The fourth-order valence-corrected chi connectivity index (χ4v) is 6.06. The summed E-state index contributed by atoms with van der Waals surface area (Å²) in [5, 5.41) is 0. The lowest BCUT2D eigenvalue weighted by Crippen LogP contribution is -2.48. The van der Waals surface area contributed by atoms with Crippen LogP contribution in [0.2, 0.25) is 0 Å². The molecule has 2 rings (SSSR count). The summed E-state index contributed by atoms with van der Waals surface area (Å²) >= 11 is 0. The molecule has 0 bridgehead atoms. The molecule has 1 aliphatic rings. The summed E-state index contributed by atoms with van der Waals surface area (Å²) < 4.78 is 55.0. The van der Waals surface area contributed by atoms with Gasteiger partial charge in [-0.05, 0) is 51.3 Å². The maximum Gasteiger partial charge on any atom is 0.243 e. The number of halogens is 1. The molecule has 0 aromatic heterocycles. The molecule has 1 heterocycles. The largest absolute Gasteiger partial charge is 0.329 e. The van der Waals surface area contributed by atoms with Gasteiger partial charge in [-0.15, -0.1) is 12.4 Å². The molecule has 0 unspecified atom stereocenters. The molecule has 26 heavy (non-hydrogen) atoms. The molecule has 1 aliphatic heterocycles. The van der Waals surface area contributed by atoms with Crippen molar-refractivity contribution >= 4 is 32.5 Å². The van der Waals surface area contributed by atoms with Crippen molar-refractivity contribution in [1.29, 1.82) is 0 Å². The van der Waals surface area contributed by atoms with Gasteiger partial charge < -0.3 is 5.73 Å². The zero-order chi connectivity index (χ0) is 18.9. The van der Waals surface area contributed by atoms with Gasteiger partial charge in [0.25, 0.3) is 0 Å². The quantitative estimate of drug-likeness (QED) is 0.719. The first-order valence-electron chi connectivity index (χ1n) is 8.34. The van der Waals surface area contributed by atoms with Crippen LogP contribution in [0.15, 0.2) is 28.0 Å². The first-order chi connectivity index (χ1) is 11.5. The Morgan fingerprint density at radius 2 is 1.69 bits per heavy atom. The predicted octanol–water partition coefficient (Wildman–Crippen LogP) is 1.61. The second-order valence-corrected chi connectivity index (χ2v) is 10.7. The van der Waals surface area contributed by atoms with Crippen LogP contribution in [0.5, 0.6) is 0 Å². The van der Waals surface area contributed by atoms with Crippen LogP contribution in [0.25, 0.3) is 0 Å². The second kappa shape index (κ2) is 8.53. The zero-order valence-corrected chi connectivity index (χ0v) is 17.8. The van der Waals surface area contributed by atoms with Gasteiger partial charge in [0, 0.05) is 25.2 Å². The lowest BCUT2D eigenvalue weighted by atomic mass is 10.1. The van der Waals surface area contributed by atoms with E-state index in [1.165, 1.54) is 22.5 Å². The van der Waals surface area contributed by atoms with Crippen LogP contribution in [0, 0.1) is 6.92 Å². The molecule has 1 fully saturated rings. The van der Waals surface area contributed by atoms with Crippen LogP contribution >= 0.6 is 12.4 Å². The molecule has 0 spiro atoms. The van der Waals surface area contributed by atoms with Gasteiger partial charge in [-0.25, -0.2) is 21.6 Å². The van der Waals surface area contributed by atoms with Crippen molar-refractivity contribution in [2.45, 2.75) is 55.4 Å². The molecule has 150 valence electrons. The van der Waals surface area contributed by atoms with Crippen molar-refractivity contribution < 1.29 is 16.8 Å². The van der Waals surface area contributed by atoms with Gasteiger partial charge in [0.2, 0.25) is 20.0 Å². The van der Waals surface area contributed by atoms with Crippen LogP contribution in [-0.2, 0) is 20.0 Å². The molecule has 1 aromatic carbocycles. The fraction of sp³-hybridized carbons (Fsp3) is 0.625. The van der Waals surface area contributed by atoms with Crippen molar-refractivity contribution in [3.05, 3.63) is 23.8 Å². The van der Waals surface area contributed by atoms with E-state index in [0.29, 0.717) is 18.7 Å². The number of sulfonamides is 2. The maximum atomic E-state index is 12.8. The molecule has 0 atom stereocenters. The van der Waals surface area contributed by atoms with Gasteiger partial charge in [0.05, 0.1) is 9.79 Å². The van der Waals surface area contributed by atoms with Crippen LogP contribution < -0.4 is 10.5 Å². The average molecular weight is 426 g/mol. The number of hydrogen-bond acceptors (Lipinski definition) is 5. The summed E-state index contributed by atoms with van der Waals surface area (Å²) in [7, 11) is -7.58. The van der Waals surface area contributed by atoms with E-state index in [-0.39, 0.29) is 28.7 Å². The van der Waals surface area contributed by atoms with Crippen molar-refractivity contribution in [2.24, 2.45) is 5.73 Å². The second-order valence-electron chi connectivity index (χ2n) is 7.09. The third kappa shape index (κ3) is 5.17. The Kier molecular flexibility index (Phi) is 7.66. The minimum atomic E-state index is -3.89. The Morgan fingerprint density at radius 3 is 2.23 bits per heavy atom. The lowest BCUT2D eigenvalue weighted by Gasteiger charge is -2.27. The van der Waals surface area contributed by atoms with E-state index in [1.807, 2.05) is 0 Å². The van der Waals surface area contributed by atoms with Crippen LogP contribution in [0.4, 0.5) is 0 Å². The van der Waals surface area contributed by atoms with E-state index in [4.69, 9.17) is 5.73 Å². The number of nitrogens with one attached hydrogen (secondary N) is 1. The van der Waals surface area contributed by atoms with E-state index in [2.05, 4.69) is 4.72 Å². The highest BCUT2D eigenvalue weighted by molar-refractivity contribution is 7.90. The smallest absolute Gasteiger partial charge is 0.243 e. The summed E-state index contributed by atoms with van der Waals surface area (Å²) in [5.41, 5.74) is 5.25. The third-order valence-electron chi connectivity index (χ3n) is 4.32. The molecule has 0 radical (unpaired) electrons. The fourth-order valence-electron chi connectivity index (χ4n) is 2.75. The molecule has 1 aromatic rings. The predicted molar refractivity (Wildman–Crippen MR) is 104 cm³/mol. The summed E-state index contributed by atoms with van der Waals surface area (Å²) in [4.78, 5) is -0.0296. The molecule has 0 amide bonds. The van der Waals surface area contributed by atoms with Gasteiger partial charge in [0.15, 0.2) is 0 Å². The maximum absolute atomic E-state index is 12.8. The number of piperidine rings is 1. The number of aryl methyl sites for hydroxylation is 1. The van der Waals surface area contributed by atoms with Gasteiger partial charge in [0.1, 0.15) is 0 Å². The summed E-state index contributed by atoms with van der Waals surface area (Å²) in [6, 6.07) is 4.24. The SMILES string of the molecule is Cc1ccc(S(=O)(=O)N2CCCCC2)cc1S(=O)(=O)NC(C)(C)CN.Cl. The van der Waals surface area contributed by atoms with E-state index in [0.717, 1.165) is 19.3 Å². The zero-order valence-electron chi connectivity index (χ0n) is 15.4. The summed E-state index contributed by atoms with van der Waals surface area (Å²) in [6.45, 7) is 6.05. The first kappa shape index (κ1) is 23.3. The number of benzene rings is 1. The third-order valence-corrected chi connectivity index (χ3v) is 8.06. The number of nitrogens with two attached hydrogens (primary N) is 1. The molecular weight excluding hydrogens is 398 g/mol. The Bertz CT molecular complexity index is 833. The topological polar surface area (TPSA) is 110 Å². The molecule has 1 saturated heterocycles. The number of hydrogen-bond donors (Lipinski definition) is 2. The van der Waals surface area contributed by atoms with Gasteiger partial charge in [-0.1, -0.05) is 12.5 Å². The first-order valence-corrected chi connectivity index (χ1v) is 11.3. The molecule has 0 aliphatic carbocycles. The standard InChI is InChI=1S/C16H27N3O4S2.ClH/c1-13-7-8-14(25(22,23)19-9-5-4-6-10-19)11-15(13)24(20,21)18-16(2,3)12-17;/h7-8,11,18H,4-6,9-10,12,17H2,1-3H3;1H. The molecule has 10 heteroatoms. The van der Waals surface area contributed by atoms with Crippen LogP contribution in [0.3, 0.4) is 0 Å². The minimum Gasteiger partial charge on any atom is -0.329 e. The van der Waals surface area contributed by atoms with E-state index in [9.17, 15) is 16.8 Å². The summed E-state index contributed by atoms with van der Waals surface area (Å²) in [6.07, 6.45) is 2.66. The normalized spacial score (nSPS) is 16.9. The lowest BCUT2D eigenvalue weighted by molar-refractivity contribution is 0.346. The number of nitrogens with zero attached hydrogens (tertiary/aromatic N) is 1. The molecular formula is C16H28ClN3O4S2.